The highest BCUT2D eigenvalue weighted by Gasteiger charge is 2.22. The molecule has 7 heteroatoms. The van der Waals surface area contributed by atoms with E-state index >= 15 is 0 Å². The molecule has 0 atom stereocenters. The Morgan fingerprint density at radius 2 is 1.67 bits per heavy atom. The minimum atomic E-state index is -0.885. The number of halogens is 1. The van der Waals surface area contributed by atoms with E-state index in [-0.39, 0.29) is 5.70 Å². The molecule has 0 aromatic heterocycles. The average molecular weight is 312 g/mol. The molecular weight excluding hydrogens is 298 g/mol. The molecular formula is C14H14ClNO5. The SMILES string of the molecule is COC(=O)/C(OC(C)=O)=C(\NC(C)=O)c1ccc(Cl)cc1. The summed E-state index contributed by atoms with van der Waals surface area (Å²) in [6.07, 6.45) is 0. The van der Waals surface area contributed by atoms with Gasteiger partial charge in [0.1, 0.15) is 0 Å². The maximum absolute atomic E-state index is 11.8. The lowest BCUT2D eigenvalue weighted by molar-refractivity contribution is -0.148. The number of hydrogen-bond acceptors (Lipinski definition) is 5. The summed E-state index contributed by atoms with van der Waals surface area (Å²) in [5.74, 6) is -2.44. The Hall–Kier alpha value is -2.34. The number of ether oxygens (including phenoxy) is 2. The second kappa shape index (κ2) is 7.44. The van der Waals surface area contributed by atoms with Gasteiger partial charge in [-0.2, -0.15) is 0 Å². The topological polar surface area (TPSA) is 81.7 Å². The Labute approximate surface area is 126 Å². The Balaban J connectivity index is 3.44. The number of nitrogens with one attached hydrogen (secondary N) is 1. The Bertz CT molecular complexity index is 592. The number of methoxy groups -OCH3 is 1. The van der Waals surface area contributed by atoms with Crippen molar-refractivity contribution in [2.75, 3.05) is 7.11 Å². The molecule has 0 radical (unpaired) electrons. The summed E-state index contributed by atoms with van der Waals surface area (Å²) in [6.45, 7) is 2.40. The fraction of sp³-hybridized carbons (Fsp3) is 0.214. The maximum Gasteiger partial charge on any atom is 0.376 e. The zero-order valence-corrected chi connectivity index (χ0v) is 12.5. The van der Waals surface area contributed by atoms with E-state index in [2.05, 4.69) is 10.1 Å². The highest BCUT2D eigenvalue weighted by atomic mass is 35.5. The summed E-state index contributed by atoms with van der Waals surface area (Å²) in [7, 11) is 1.14. The fourth-order valence-electron chi connectivity index (χ4n) is 1.48. The molecule has 0 spiro atoms. The lowest BCUT2D eigenvalue weighted by Gasteiger charge is -2.14. The molecule has 1 N–H and O–H groups in total. The van der Waals surface area contributed by atoms with E-state index in [4.69, 9.17) is 16.3 Å². The molecule has 0 aliphatic heterocycles. The number of benzene rings is 1. The van der Waals surface area contributed by atoms with Gasteiger partial charge in [0.2, 0.25) is 11.7 Å². The first-order valence-electron chi connectivity index (χ1n) is 5.89. The Morgan fingerprint density at radius 3 is 2.10 bits per heavy atom. The third-order valence-corrected chi connectivity index (χ3v) is 2.53. The summed E-state index contributed by atoms with van der Waals surface area (Å²) in [5, 5.41) is 2.94. The van der Waals surface area contributed by atoms with Gasteiger partial charge in [0.15, 0.2) is 0 Å². The van der Waals surface area contributed by atoms with Crippen LogP contribution in [0.4, 0.5) is 0 Å². The largest absolute Gasteiger partial charge is 0.463 e. The predicted octanol–water partition coefficient (Wildman–Crippen LogP) is 1.88. The lowest BCUT2D eigenvalue weighted by Crippen LogP contribution is -2.24. The number of rotatable bonds is 4. The zero-order chi connectivity index (χ0) is 16.0. The van der Waals surface area contributed by atoms with Crippen LogP contribution in [0.1, 0.15) is 19.4 Å². The van der Waals surface area contributed by atoms with Crippen molar-refractivity contribution in [1.82, 2.24) is 5.32 Å². The van der Waals surface area contributed by atoms with Gasteiger partial charge in [-0.15, -0.1) is 0 Å². The van der Waals surface area contributed by atoms with E-state index in [0.717, 1.165) is 14.0 Å². The van der Waals surface area contributed by atoms with E-state index in [1.807, 2.05) is 0 Å². The minimum absolute atomic E-state index is 0.0289. The van der Waals surface area contributed by atoms with Crippen LogP contribution in [0.2, 0.25) is 5.02 Å². The van der Waals surface area contributed by atoms with Gasteiger partial charge in [0.25, 0.3) is 0 Å². The minimum Gasteiger partial charge on any atom is -0.463 e. The Kier molecular flexibility index (Phi) is 5.92. The lowest BCUT2D eigenvalue weighted by atomic mass is 10.1. The summed E-state index contributed by atoms with van der Waals surface area (Å²) < 4.78 is 9.44. The highest BCUT2D eigenvalue weighted by Crippen LogP contribution is 2.20. The van der Waals surface area contributed by atoms with Crippen LogP contribution < -0.4 is 5.32 Å². The second-order valence-corrected chi connectivity index (χ2v) is 4.41. The van der Waals surface area contributed by atoms with Crippen LogP contribution in [0.3, 0.4) is 0 Å². The molecule has 21 heavy (non-hydrogen) atoms. The van der Waals surface area contributed by atoms with Crippen molar-refractivity contribution in [2.24, 2.45) is 0 Å². The number of esters is 2. The van der Waals surface area contributed by atoms with Crippen LogP contribution in [-0.2, 0) is 23.9 Å². The summed E-state index contributed by atoms with van der Waals surface area (Å²) in [4.78, 5) is 34.3. The van der Waals surface area contributed by atoms with Crippen molar-refractivity contribution < 1.29 is 23.9 Å². The molecule has 0 heterocycles. The van der Waals surface area contributed by atoms with E-state index in [1.54, 1.807) is 24.3 Å². The van der Waals surface area contributed by atoms with Gasteiger partial charge in [-0.3, -0.25) is 9.59 Å². The van der Waals surface area contributed by atoms with Gasteiger partial charge in [-0.05, 0) is 12.1 Å². The molecule has 1 aromatic carbocycles. The van der Waals surface area contributed by atoms with E-state index < -0.39 is 23.6 Å². The van der Waals surface area contributed by atoms with Crippen molar-refractivity contribution in [3.05, 3.63) is 40.6 Å². The molecule has 0 fully saturated rings. The molecule has 0 unspecified atom stereocenters. The van der Waals surface area contributed by atoms with Gasteiger partial charge in [0.05, 0.1) is 12.8 Å². The molecule has 6 nitrogen and oxygen atoms in total. The molecule has 0 saturated heterocycles. The predicted molar refractivity (Wildman–Crippen MR) is 76.0 cm³/mol. The molecule has 112 valence electrons. The number of hydrogen-bond donors (Lipinski definition) is 1. The number of amides is 1. The molecule has 0 aliphatic rings. The van der Waals surface area contributed by atoms with Gasteiger partial charge in [-0.1, -0.05) is 23.7 Å². The Morgan fingerprint density at radius 1 is 1.10 bits per heavy atom. The maximum atomic E-state index is 11.8. The van der Waals surface area contributed by atoms with Crippen LogP contribution in [0.15, 0.2) is 30.0 Å². The molecule has 1 rings (SSSR count). The van der Waals surface area contributed by atoms with Crippen LogP contribution in [0.5, 0.6) is 0 Å². The van der Waals surface area contributed by atoms with Gasteiger partial charge in [-0.25, -0.2) is 4.79 Å². The van der Waals surface area contributed by atoms with E-state index in [0.29, 0.717) is 10.6 Å². The molecule has 1 amide bonds. The quantitative estimate of drug-likeness (QED) is 0.521. The van der Waals surface area contributed by atoms with Crippen molar-refractivity contribution in [1.29, 1.82) is 0 Å². The van der Waals surface area contributed by atoms with Gasteiger partial charge < -0.3 is 14.8 Å². The van der Waals surface area contributed by atoms with Gasteiger partial charge >= 0.3 is 11.9 Å². The summed E-state index contributed by atoms with van der Waals surface area (Å²) in [6, 6.07) is 6.28. The molecule has 0 aliphatic carbocycles. The third kappa shape index (κ3) is 4.92. The highest BCUT2D eigenvalue weighted by molar-refractivity contribution is 6.30. The number of carbonyl (C=O) groups excluding carboxylic acids is 3. The van der Waals surface area contributed by atoms with Crippen LogP contribution >= 0.6 is 11.6 Å². The molecule has 0 bridgehead atoms. The molecule has 0 saturated carbocycles. The fourth-order valence-corrected chi connectivity index (χ4v) is 1.61. The average Bonchev–Trinajstić information content (AvgIpc) is 2.42. The summed E-state index contributed by atoms with van der Waals surface area (Å²) in [5.41, 5.74) is 0.470. The van der Waals surface area contributed by atoms with Crippen molar-refractivity contribution in [2.45, 2.75) is 13.8 Å². The smallest absolute Gasteiger partial charge is 0.376 e. The van der Waals surface area contributed by atoms with Crippen LogP contribution in [0.25, 0.3) is 5.70 Å². The first-order chi connectivity index (χ1) is 9.85. The van der Waals surface area contributed by atoms with Crippen LogP contribution in [-0.4, -0.2) is 25.0 Å². The number of carbonyl (C=O) groups is 3. The standard InChI is InChI=1S/C14H14ClNO5/c1-8(17)16-12(10-4-6-11(15)7-5-10)13(14(19)20-3)21-9(2)18/h4-7H,1-3H3,(H,16,17)/b13-12+. The zero-order valence-electron chi connectivity index (χ0n) is 11.7. The van der Waals surface area contributed by atoms with Crippen molar-refractivity contribution in [3.8, 4) is 0 Å². The first-order valence-corrected chi connectivity index (χ1v) is 6.27. The molecule has 1 aromatic rings. The first kappa shape index (κ1) is 16.7. The monoisotopic (exact) mass is 311 g/mol. The van der Waals surface area contributed by atoms with Gasteiger partial charge in [0, 0.05) is 24.4 Å². The second-order valence-electron chi connectivity index (χ2n) is 3.98. The van der Waals surface area contributed by atoms with E-state index in [1.165, 1.54) is 6.92 Å². The summed E-state index contributed by atoms with van der Waals surface area (Å²) >= 11 is 5.80. The van der Waals surface area contributed by atoms with E-state index in [9.17, 15) is 14.4 Å². The van der Waals surface area contributed by atoms with Crippen LogP contribution in [0, 0.1) is 0 Å². The normalized spacial score (nSPS) is 11.2. The third-order valence-electron chi connectivity index (χ3n) is 2.28. The van der Waals surface area contributed by atoms with Crippen molar-refractivity contribution in [3.63, 3.8) is 0 Å². The van der Waals surface area contributed by atoms with Crippen molar-refractivity contribution >= 4 is 35.1 Å².